The summed E-state index contributed by atoms with van der Waals surface area (Å²) in [5, 5.41) is 17.4. The molecule has 9 heteroatoms. The van der Waals surface area contributed by atoms with Crippen LogP contribution in [0.3, 0.4) is 0 Å². The Bertz CT molecular complexity index is 862. The van der Waals surface area contributed by atoms with Crippen molar-refractivity contribution in [1.29, 1.82) is 0 Å². The predicted octanol–water partition coefficient (Wildman–Crippen LogP) is 1.20. The van der Waals surface area contributed by atoms with Crippen LogP contribution >= 0.6 is 0 Å². The first kappa shape index (κ1) is 19.5. The van der Waals surface area contributed by atoms with Gasteiger partial charge in [-0.2, -0.15) is 4.80 Å². The van der Waals surface area contributed by atoms with E-state index in [4.69, 9.17) is 0 Å². The number of amides is 2. The van der Waals surface area contributed by atoms with Gasteiger partial charge in [-0.15, -0.1) is 10.2 Å². The van der Waals surface area contributed by atoms with Crippen LogP contribution in [0.5, 0.6) is 0 Å². The number of carbonyl (C=O) groups excluding carboxylic acids is 2. The van der Waals surface area contributed by atoms with E-state index < -0.39 is 11.8 Å². The number of fused-ring (bicyclic) bond motifs is 1. The molecule has 0 unspecified atom stereocenters. The molecule has 0 spiro atoms. The average molecular weight is 397 g/mol. The van der Waals surface area contributed by atoms with E-state index in [9.17, 15) is 9.59 Å². The normalized spacial score (nSPS) is 22.0. The zero-order chi connectivity index (χ0) is 20.2. The van der Waals surface area contributed by atoms with Crippen molar-refractivity contribution in [3.63, 3.8) is 0 Å². The van der Waals surface area contributed by atoms with Crippen LogP contribution in [0.4, 0.5) is 5.69 Å². The summed E-state index contributed by atoms with van der Waals surface area (Å²) in [5.74, 6) is -0.295. The third kappa shape index (κ3) is 4.61. The van der Waals surface area contributed by atoms with Gasteiger partial charge in [-0.1, -0.05) is 6.42 Å². The van der Waals surface area contributed by atoms with E-state index in [1.54, 1.807) is 31.3 Å². The van der Waals surface area contributed by atoms with Crippen molar-refractivity contribution in [1.82, 2.24) is 30.4 Å². The van der Waals surface area contributed by atoms with Crippen LogP contribution < -0.4 is 10.6 Å². The summed E-state index contributed by atoms with van der Waals surface area (Å²) < 4.78 is 0. The van der Waals surface area contributed by atoms with Crippen LogP contribution in [-0.4, -0.2) is 62.6 Å². The van der Waals surface area contributed by atoms with Crippen molar-refractivity contribution < 1.29 is 9.59 Å². The fourth-order valence-corrected chi connectivity index (χ4v) is 4.41. The molecule has 2 fully saturated rings. The van der Waals surface area contributed by atoms with E-state index in [0.717, 1.165) is 31.5 Å². The number of nitrogens with one attached hydrogen (secondary N) is 2. The van der Waals surface area contributed by atoms with Crippen LogP contribution in [-0.2, 0) is 16.6 Å². The zero-order valence-corrected chi connectivity index (χ0v) is 16.7. The number of rotatable bonds is 4. The van der Waals surface area contributed by atoms with Crippen LogP contribution in [0.15, 0.2) is 24.3 Å². The number of aryl methyl sites for hydroxylation is 1. The number of nitrogens with zero attached hydrogens (tertiary/aromatic N) is 5. The van der Waals surface area contributed by atoms with Crippen LogP contribution in [0, 0.1) is 5.92 Å². The predicted molar refractivity (Wildman–Crippen MR) is 108 cm³/mol. The van der Waals surface area contributed by atoms with Crippen LogP contribution in [0.2, 0.25) is 0 Å². The largest absolute Gasteiger partial charge is 0.347 e. The minimum atomic E-state index is -0.647. The Labute approximate surface area is 169 Å². The Hall–Kier alpha value is -2.81. The molecule has 2 atom stereocenters. The maximum atomic E-state index is 12.3. The molecule has 3 heterocycles. The summed E-state index contributed by atoms with van der Waals surface area (Å²) in [4.78, 5) is 28.5. The molecule has 2 aromatic rings. The molecule has 0 saturated carbocycles. The Morgan fingerprint density at radius 2 is 1.86 bits per heavy atom. The first-order valence-corrected chi connectivity index (χ1v) is 10.3. The monoisotopic (exact) mass is 397 g/mol. The molecule has 1 aromatic heterocycles. The van der Waals surface area contributed by atoms with Crippen LogP contribution in [0.25, 0.3) is 11.4 Å². The second kappa shape index (κ2) is 8.69. The van der Waals surface area contributed by atoms with E-state index in [0.29, 0.717) is 30.0 Å². The number of aromatic nitrogens is 4. The minimum Gasteiger partial charge on any atom is -0.347 e. The lowest BCUT2D eigenvalue weighted by Crippen LogP contribution is -2.51. The van der Waals surface area contributed by atoms with Gasteiger partial charge in [-0.3, -0.25) is 9.59 Å². The highest BCUT2D eigenvalue weighted by Gasteiger charge is 2.33. The lowest BCUT2D eigenvalue weighted by atomic mass is 9.83. The zero-order valence-electron chi connectivity index (χ0n) is 16.7. The van der Waals surface area contributed by atoms with Crippen molar-refractivity contribution in [2.45, 2.75) is 38.1 Å². The van der Waals surface area contributed by atoms with E-state index in [1.807, 2.05) is 0 Å². The molecule has 9 nitrogen and oxygen atoms in total. The summed E-state index contributed by atoms with van der Waals surface area (Å²) in [5.41, 5.74) is 1.34. The molecule has 2 aliphatic heterocycles. The Kier molecular flexibility index (Phi) is 5.84. The standard InChI is InChI=1S/C20H27N7O2/c1-26-24-18(23-25-26)14-7-9-16(10-8-14)22-20(29)19(28)21-13-15-5-4-12-27-11-3-2-6-17(15)27/h7-10,15,17H,2-6,11-13H2,1H3,(H,21,28)(H,22,29)/t15-,17-/m1/s1. The van der Waals surface area contributed by atoms with E-state index in [-0.39, 0.29) is 0 Å². The minimum absolute atomic E-state index is 0.430. The third-order valence-electron chi connectivity index (χ3n) is 5.87. The van der Waals surface area contributed by atoms with Crippen molar-refractivity contribution >= 4 is 17.5 Å². The lowest BCUT2D eigenvalue weighted by Gasteiger charge is -2.44. The number of carbonyl (C=O) groups is 2. The summed E-state index contributed by atoms with van der Waals surface area (Å²) in [7, 11) is 1.70. The molecular formula is C20H27N7O2. The van der Waals surface area contributed by atoms with Gasteiger partial charge in [-0.05, 0) is 74.2 Å². The van der Waals surface area contributed by atoms with Crippen molar-refractivity contribution in [2.75, 3.05) is 25.0 Å². The number of tetrazole rings is 1. The number of hydrogen-bond donors (Lipinski definition) is 2. The van der Waals surface area contributed by atoms with Gasteiger partial charge in [0.2, 0.25) is 5.82 Å². The maximum absolute atomic E-state index is 12.3. The van der Waals surface area contributed by atoms with E-state index in [1.165, 1.54) is 24.1 Å². The molecule has 2 saturated heterocycles. The lowest BCUT2D eigenvalue weighted by molar-refractivity contribution is -0.136. The summed E-state index contributed by atoms with van der Waals surface area (Å²) >= 11 is 0. The molecule has 0 radical (unpaired) electrons. The first-order chi connectivity index (χ1) is 14.1. The molecule has 1 aromatic carbocycles. The summed E-state index contributed by atoms with van der Waals surface area (Å²) in [6, 6.07) is 7.55. The van der Waals surface area contributed by atoms with Crippen molar-refractivity contribution in [2.24, 2.45) is 13.0 Å². The second-order valence-electron chi connectivity index (χ2n) is 7.85. The Morgan fingerprint density at radius 3 is 2.62 bits per heavy atom. The van der Waals surface area contributed by atoms with Crippen molar-refractivity contribution in [3.05, 3.63) is 24.3 Å². The highest BCUT2D eigenvalue weighted by atomic mass is 16.2. The molecular weight excluding hydrogens is 370 g/mol. The molecule has 4 rings (SSSR count). The molecule has 0 bridgehead atoms. The van der Waals surface area contributed by atoms with E-state index >= 15 is 0 Å². The van der Waals surface area contributed by atoms with Crippen molar-refractivity contribution in [3.8, 4) is 11.4 Å². The van der Waals surface area contributed by atoms with Gasteiger partial charge in [0.25, 0.3) is 0 Å². The molecule has 2 aliphatic rings. The summed E-state index contributed by atoms with van der Waals surface area (Å²) in [6.45, 7) is 2.88. The topological polar surface area (TPSA) is 105 Å². The molecule has 154 valence electrons. The molecule has 2 amide bonds. The van der Waals surface area contributed by atoms with Gasteiger partial charge >= 0.3 is 11.8 Å². The Balaban J connectivity index is 1.28. The first-order valence-electron chi connectivity index (χ1n) is 10.3. The van der Waals surface area contributed by atoms with Crippen LogP contribution in [0.1, 0.15) is 32.1 Å². The van der Waals surface area contributed by atoms with Gasteiger partial charge in [0.05, 0.1) is 7.05 Å². The highest BCUT2D eigenvalue weighted by Crippen LogP contribution is 2.30. The van der Waals surface area contributed by atoms with E-state index in [2.05, 4.69) is 30.9 Å². The smallest absolute Gasteiger partial charge is 0.313 e. The third-order valence-corrected chi connectivity index (χ3v) is 5.87. The fourth-order valence-electron chi connectivity index (χ4n) is 4.41. The molecule has 29 heavy (non-hydrogen) atoms. The van der Waals surface area contributed by atoms with Gasteiger partial charge in [-0.25, -0.2) is 0 Å². The number of anilines is 1. The molecule has 0 aliphatic carbocycles. The number of hydrogen-bond acceptors (Lipinski definition) is 6. The number of benzene rings is 1. The number of piperidine rings is 2. The SMILES string of the molecule is Cn1nnc(-c2ccc(NC(=O)C(=O)NC[C@H]3CCCN4CCCC[C@H]34)cc2)n1. The fraction of sp³-hybridized carbons (Fsp3) is 0.550. The van der Waals surface area contributed by atoms with Gasteiger partial charge in [0.15, 0.2) is 0 Å². The Morgan fingerprint density at radius 1 is 1.07 bits per heavy atom. The highest BCUT2D eigenvalue weighted by molar-refractivity contribution is 6.39. The van der Waals surface area contributed by atoms with Gasteiger partial charge in [0.1, 0.15) is 0 Å². The van der Waals surface area contributed by atoms with Gasteiger partial charge < -0.3 is 15.5 Å². The quantitative estimate of drug-likeness (QED) is 0.751. The average Bonchev–Trinajstić information content (AvgIpc) is 3.18. The summed E-state index contributed by atoms with van der Waals surface area (Å²) in [6.07, 6.45) is 5.99. The second-order valence-corrected chi connectivity index (χ2v) is 7.85. The maximum Gasteiger partial charge on any atom is 0.313 e. The van der Waals surface area contributed by atoms with Gasteiger partial charge in [0, 0.05) is 23.8 Å². The molecule has 2 N–H and O–H groups in total.